The van der Waals surface area contributed by atoms with Crippen LogP contribution in [-0.2, 0) is 7.05 Å². The molecule has 0 aliphatic heterocycles. The van der Waals surface area contributed by atoms with E-state index in [1.54, 1.807) is 6.20 Å². The highest BCUT2D eigenvalue weighted by atomic mass is 32.1. The second-order valence-corrected chi connectivity index (χ2v) is 7.04. The van der Waals surface area contributed by atoms with Crippen molar-refractivity contribution in [2.24, 2.45) is 7.05 Å². The molecule has 0 unspecified atom stereocenters. The van der Waals surface area contributed by atoms with Gasteiger partial charge in [0.1, 0.15) is 0 Å². The summed E-state index contributed by atoms with van der Waals surface area (Å²) in [5.41, 5.74) is 4.19. The molecule has 0 atom stereocenters. The van der Waals surface area contributed by atoms with Crippen LogP contribution in [0.2, 0.25) is 0 Å². The molecule has 4 aromatic rings. The number of carbonyl (C=O) groups excluding carboxylic acids is 1. The van der Waals surface area contributed by atoms with Gasteiger partial charge in [-0.1, -0.05) is 17.2 Å². The maximum absolute atomic E-state index is 12.8. The molecule has 1 amide bonds. The van der Waals surface area contributed by atoms with Gasteiger partial charge in [0.05, 0.1) is 12.7 Å². The first-order chi connectivity index (χ1) is 13.0. The Morgan fingerprint density at radius 2 is 2.07 bits per heavy atom. The average Bonchev–Trinajstić information content (AvgIpc) is 3.28. The number of hydrogen-bond donors (Lipinski definition) is 1. The van der Waals surface area contributed by atoms with Crippen molar-refractivity contribution in [3.63, 3.8) is 0 Å². The number of fused-ring (bicyclic) bond motifs is 1. The number of aromatic nitrogens is 4. The zero-order valence-corrected chi connectivity index (χ0v) is 15.9. The molecule has 3 aromatic heterocycles. The molecular formula is C19H17N5O2S. The Balaban J connectivity index is 1.74. The summed E-state index contributed by atoms with van der Waals surface area (Å²) in [5.74, 6) is -0.289. The van der Waals surface area contributed by atoms with Crippen LogP contribution in [0, 0.1) is 6.92 Å². The van der Waals surface area contributed by atoms with Crippen molar-refractivity contribution in [1.29, 1.82) is 0 Å². The van der Waals surface area contributed by atoms with Crippen LogP contribution in [-0.4, -0.2) is 32.8 Å². The molecule has 4 rings (SSSR count). The van der Waals surface area contributed by atoms with E-state index in [-0.39, 0.29) is 5.91 Å². The van der Waals surface area contributed by atoms with Gasteiger partial charge in [-0.05, 0) is 53.0 Å². The summed E-state index contributed by atoms with van der Waals surface area (Å²) in [7, 11) is 3.51. The minimum Gasteiger partial charge on any atom is -0.472 e. The van der Waals surface area contributed by atoms with Crippen molar-refractivity contribution in [1.82, 2.24) is 19.7 Å². The topological polar surface area (TPSA) is 81.9 Å². The number of ether oxygens (including phenoxy) is 1. The van der Waals surface area contributed by atoms with E-state index in [4.69, 9.17) is 4.74 Å². The average molecular weight is 379 g/mol. The number of aryl methyl sites for hydroxylation is 2. The fraction of sp³-hybridized carbons (Fsp3) is 0.158. The van der Waals surface area contributed by atoms with E-state index < -0.39 is 0 Å². The minimum absolute atomic E-state index is 0.289. The molecule has 27 heavy (non-hydrogen) atoms. The lowest BCUT2D eigenvalue weighted by Crippen LogP contribution is -2.13. The molecule has 3 heterocycles. The molecule has 1 N–H and O–H groups in total. The first-order valence-electron chi connectivity index (χ1n) is 8.26. The summed E-state index contributed by atoms with van der Waals surface area (Å²) in [4.78, 5) is 17.1. The van der Waals surface area contributed by atoms with E-state index >= 15 is 0 Å². The summed E-state index contributed by atoms with van der Waals surface area (Å²) >= 11 is 1.17. The Kier molecular flexibility index (Phi) is 4.33. The molecule has 0 saturated carbocycles. The number of rotatable bonds is 4. The fourth-order valence-corrected chi connectivity index (χ4v) is 3.47. The maximum Gasteiger partial charge on any atom is 0.295 e. The van der Waals surface area contributed by atoms with Gasteiger partial charge in [0.25, 0.3) is 11.1 Å². The quantitative estimate of drug-likeness (QED) is 0.585. The lowest BCUT2D eigenvalue weighted by atomic mass is 9.99. The molecular weight excluding hydrogens is 362 g/mol. The highest BCUT2D eigenvalue weighted by molar-refractivity contribution is 7.17. The first kappa shape index (κ1) is 17.2. The highest BCUT2D eigenvalue weighted by Gasteiger charge is 2.17. The van der Waals surface area contributed by atoms with Crippen LogP contribution in [0.5, 0.6) is 5.19 Å². The van der Waals surface area contributed by atoms with E-state index in [0.29, 0.717) is 15.9 Å². The normalized spacial score (nSPS) is 10.9. The van der Waals surface area contributed by atoms with Crippen LogP contribution < -0.4 is 10.1 Å². The summed E-state index contributed by atoms with van der Waals surface area (Å²) in [5, 5.41) is 12.4. The molecule has 7 nitrogen and oxygen atoms in total. The first-order valence-corrected chi connectivity index (χ1v) is 9.08. The Morgan fingerprint density at radius 1 is 1.22 bits per heavy atom. The van der Waals surface area contributed by atoms with Gasteiger partial charge in [-0.3, -0.25) is 15.1 Å². The predicted molar refractivity (Wildman–Crippen MR) is 105 cm³/mol. The van der Waals surface area contributed by atoms with Gasteiger partial charge in [0.2, 0.25) is 5.13 Å². The molecule has 0 radical (unpaired) electrons. The van der Waals surface area contributed by atoms with E-state index in [0.717, 1.165) is 27.7 Å². The van der Waals surface area contributed by atoms with E-state index in [2.05, 4.69) is 43.3 Å². The smallest absolute Gasteiger partial charge is 0.295 e. The molecule has 0 aliphatic rings. The molecule has 0 aliphatic carbocycles. The SMILES string of the molecule is COc1nnc(NC(=O)c2cnc(C)cc2-c2ccc3ccn(C)c3c2)s1. The minimum atomic E-state index is -0.289. The molecule has 0 spiro atoms. The lowest BCUT2D eigenvalue weighted by Gasteiger charge is -2.10. The number of hydrogen-bond acceptors (Lipinski definition) is 6. The van der Waals surface area contributed by atoms with Crippen LogP contribution >= 0.6 is 11.3 Å². The van der Waals surface area contributed by atoms with E-state index in [1.807, 2.05) is 32.3 Å². The van der Waals surface area contributed by atoms with Gasteiger partial charge in [-0.2, -0.15) is 0 Å². The van der Waals surface area contributed by atoms with Crippen LogP contribution in [0.3, 0.4) is 0 Å². The Bertz CT molecular complexity index is 1150. The molecule has 136 valence electrons. The Labute approximate surface area is 159 Å². The molecule has 0 saturated heterocycles. The largest absolute Gasteiger partial charge is 0.472 e. The second kappa shape index (κ2) is 6.81. The highest BCUT2D eigenvalue weighted by Crippen LogP contribution is 2.29. The van der Waals surface area contributed by atoms with Crippen molar-refractivity contribution in [2.75, 3.05) is 12.4 Å². The van der Waals surface area contributed by atoms with Crippen LogP contribution in [0.1, 0.15) is 16.1 Å². The van der Waals surface area contributed by atoms with Gasteiger partial charge in [-0.25, -0.2) is 0 Å². The molecule has 1 aromatic carbocycles. The lowest BCUT2D eigenvalue weighted by molar-refractivity contribution is 0.102. The van der Waals surface area contributed by atoms with Crippen LogP contribution in [0.25, 0.3) is 22.0 Å². The van der Waals surface area contributed by atoms with Gasteiger partial charge in [0.15, 0.2) is 0 Å². The van der Waals surface area contributed by atoms with Crippen molar-refractivity contribution < 1.29 is 9.53 Å². The number of pyridine rings is 1. The Hall–Kier alpha value is -3.26. The van der Waals surface area contributed by atoms with Crippen LogP contribution in [0.15, 0.2) is 42.7 Å². The van der Waals surface area contributed by atoms with Crippen LogP contribution in [0.4, 0.5) is 5.13 Å². The summed E-state index contributed by atoms with van der Waals surface area (Å²) in [6.45, 7) is 1.90. The zero-order chi connectivity index (χ0) is 19.0. The fourth-order valence-electron chi connectivity index (χ4n) is 2.92. The number of benzene rings is 1. The molecule has 8 heteroatoms. The zero-order valence-electron chi connectivity index (χ0n) is 15.1. The monoisotopic (exact) mass is 379 g/mol. The molecule has 0 bridgehead atoms. The number of carbonyl (C=O) groups is 1. The van der Waals surface area contributed by atoms with Crippen molar-refractivity contribution >= 4 is 33.3 Å². The third-order valence-electron chi connectivity index (χ3n) is 4.29. The second-order valence-electron chi connectivity index (χ2n) is 6.10. The van der Waals surface area contributed by atoms with E-state index in [1.165, 1.54) is 18.4 Å². The third kappa shape index (κ3) is 3.26. The number of anilines is 1. The Morgan fingerprint density at radius 3 is 2.85 bits per heavy atom. The standard InChI is InChI=1S/C19H17N5O2S/c1-11-8-14(13-5-4-12-6-7-24(2)16(12)9-13)15(10-20-11)17(25)21-18-22-23-19(26-3)27-18/h4-10H,1-3H3,(H,21,22,25). The summed E-state index contributed by atoms with van der Waals surface area (Å²) < 4.78 is 7.07. The van der Waals surface area contributed by atoms with Crippen molar-refractivity contribution in [3.8, 4) is 16.3 Å². The van der Waals surface area contributed by atoms with E-state index in [9.17, 15) is 4.79 Å². The maximum atomic E-state index is 12.8. The summed E-state index contributed by atoms with van der Waals surface area (Å²) in [6, 6.07) is 10.1. The van der Waals surface area contributed by atoms with Gasteiger partial charge >= 0.3 is 0 Å². The number of amides is 1. The summed E-state index contributed by atoms with van der Waals surface area (Å²) in [6.07, 6.45) is 3.61. The third-order valence-corrected chi connectivity index (χ3v) is 5.09. The van der Waals surface area contributed by atoms with Crippen molar-refractivity contribution in [3.05, 3.63) is 54.0 Å². The van der Waals surface area contributed by atoms with Gasteiger partial charge in [-0.15, -0.1) is 5.10 Å². The number of methoxy groups -OCH3 is 1. The molecule has 0 fully saturated rings. The number of nitrogens with one attached hydrogen (secondary N) is 1. The van der Waals surface area contributed by atoms with Gasteiger partial charge < -0.3 is 9.30 Å². The number of nitrogens with zero attached hydrogens (tertiary/aromatic N) is 4. The predicted octanol–water partition coefficient (Wildman–Crippen LogP) is 3.66. The van der Waals surface area contributed by atoms with Crippen molar-refractivity contribution in [2.45, 2.75) is 6.92 Å². The van der Waals surface area contributed by atoms with Gasteiger partial charge in [0, 0.05) is 30.7 Å².